The number of hydrogen-bond acceptors (Lipinski definition) is 3. The van der Waals surface area contributed by atoms with Gasteiger partial charge in [-0.15, -0.1) is 11.3 Å². The summed E-state index contributed by atoms with van der Waals surface area (Å²) in [5, 5.41) is 6.24. The highest BCUT2D eigenvalue weighted by atomic mass is 35.5. The molecule has 0 aliphatic carbocycles. The van der Waals surface area contributed by atoms with E-state index in [4.69, 9.17) is 16.3 Å². The summed E-state index contributed by atoms with van der Waals surface area (Å²) in [5.74, 6) is 0.778. The van der Waals surface area contributed by atoms with Crippen molar-refractivity contribution in [2.24, 2.45) is 0 Å². The minimum absolute atomic E-state index is 0.727. The van der Waals surface area contributed by atoms with Gasteiger partial charge in [0.25, 0.3) is 0 Å². The van der Waals surface area contributed by atoms with E-state index in [9.17, 15) is 0 Å². The van der Waals surface area contributed by atoms with Crippen molar-refractivity contribution in [2.75, 3.05) is 12.4 Å². The Kier molecular flexibility index (Phi) is 4.15. The van der Waals surface area contributed by atoms with Crippen LogP contribution in [0.5, 0.6) is 5.75 Å². The maximum atomic E-state index is 6.08. The zero-order chi connectivity index (χ0) is 13.1. The lowest BCUT2D eigenvalue weighted by molar-refractivity contribution is 0.416. The molecule has 0 atom stereocenters. The van der Waals surface area contributed by atoms with Crippen molar-refractivity contribution in [3.63, 3.8) is 0 Å². The number of benzene rings is 1. The molecule has 0 radical (unpaired) electrons. The topological polar surface area (TPSA) is 21.3 Å². The summed E-state index contributed by atoms with van der Waals surface area (Å²) >= 11 is 7.84. The van der Waals surface area contributed by atoms with Crippen molar-refractivity contribution in [3.05, 3.63) is 44.6 Å². The quantitative estimate of drug-likeness (QED) is 0.881. The first-order valence-corrected chi connectivity index (χ1v) is 6.98. The molecule has 1 aromatic carbocycles. The van der Waals surface area contributed by atoms with E-state index in [-0.39, 0.29) is 0 Å². The molecule has 0 fully saturated rings. The Bertz CT molecular complexity index is 551. The molecule has 0 aliphatic heterocycles. The molecule has 0 saturated carbocycles. The molecule has 0 bridgehead atoms. The number of halogens is 1. The predicted octanol–water partition coefficient (Wildman–Crippen LogP) is 4.64. The maximum Gasteiger partial charge on any atom is 0.143 e. The first-order valence-electron chi connectivity index (χ1n) is 5.72. The van der Waals surface area contributed by atoms with Crippen molar-refractivity contribution >= 4 is 28.6 Å². The van der Waals surface area contributed by atoms with Gasteiger partial charge < -0.3 is 10.1 Å². The van der Waals surface area contributed by atoms with Crippen molar-refractivity contribution in [1.82, 2.24) is 0 Å². The van der Waals surface area contributed by atoms with Gasteiger partial charge in [-0.05, 0) is 42.5 Å². The molecule has 96 valence electrons. The van der Waals surface area contributed by atoms with Gasteiger partial charge in [0.1, 0.15) is 5.75 Å². The van der Waals surface area contributed by atoms with E-state index in [2.05, 4.69) is 23.7 Å². The molecule has 4 heteroatoms. The first-order chi connectivity index (χ1) is 8.61. The van der Waals surface area contributed by atoms with Crippen LogP contribution in [0.2, 0.25) is 5.02 Å². The zero-order valence-corrected chi connectivity index (χ0v) is 12.3. The molecule has 0 unspecified atom stereocenters. The lowest BCUT2D eigenvalue weighted by atomic mass is 10.2. The average Bonchev–Trinajstić information content (AvgIpc) is 2.76. The van der Waals surface area contributed by atoms with Crippen LogP contribution in [0.4, 0.5) is 5.69 Å². The SMILES string of the molecule is COc1cc(Cl)c(C)cc1NCc1sccc1C. The maximum absolute atomic E-state index is 6.08. The van der Waals surface area contributed by atoms with Gasteiger partial charge in [0.05, 0.1) is 12.8 Å². The van der Waals surface area contributed by atoms with Crippen LogP contribution in [0, 0.1) is 13.8 Å². The monoisotopic (exact) mass is 281 g/mol. The van der Waals surface area contributed by atoms with Crippen LogP contribution in [-0.2, 0) is 6.54 Å². The lowest BCUT2D eigenvalue weighted by Crippen LogP contribution is -2.01. The third-order valence-electron chi connectivity index (χ3n) is 2.89. The van der Waals surface area contributed by atoms with Crippen LogP contribution in [0.3, 0.4) is 0 Å². The van der Waals surface area contributed by atoms with Crippen molar-refractivity contribution in [3.8, 4) is 5.75 Å². The summed E-state index contributed by atoms with van der Waals surface area (Å²) in [4.78, 5) is 1.34. The smallest absolute Gasteiger partial charge is 0.143 e. The van der Waals surface area contributed by atoms with E-state index in [1.54, 1.807) is 18.4 Å². The molecule has 0 saturated heterocycles. The van der Waals surface area contributed by atoms with Crippen LogP contribution in [0.1, 0.15) is 16.0 Å². The third-order valence-corrected chi connectivity index (χ3v) is 4.32. The number of anilines is 1. The highest BCUT2D eigenvalue weighted by molar-refractivity contribution is 7.10. The summed E-state index contributed by atoms with van der Waals surface area (Å²) < 4.78 is 5.34. The highest BCUT2D eigenvalue weighted by Gasteiger charge is 2.07. The molecule has 0 spiro atoms. The number of methoxy groups -OCH3 is 1. The Morgan fingerprint density at radius 3 is 2.67 bits per heavy atom. The highest BCUT2D eigenvalue weighted by Crippen LogP contribution is 2.31. The van der Waals surface area contributed by atoms with Crippen LogP contribution in [0.25, 0.3) is 0 Å². The molecule has 1 heterocycles. The lowest BCUT2D eigenvalue weighted by Gasteiger charge is -2.13. The standard InChI is InChI=1S/C14H16ClNOS/c1-9-4-5-18-14(9)8-16-12-6-10(2)11(15)7-13(12)17-3/h4-7,16H,8H2,1-3H3. The number of nitrogens with one attached hydrogen (secondary N) is 1. The molecule has 18 heavy (non-hydrogen) atoms. The summed E-state index contributed by atoms with van der Waals surface area (Å²) in [6.45, 7) is 4.92. The van der Waals surface area contributed by atoms with E-state index >= 15 is 0 Å². The van der Waals surface area contributed by atoms with Gasteiger partial charge in [-0.3, -0.25) is 0 Å². The van der Waals surface area contributed by atoms with Gasteiger partial charge in [0, 0.05) is 22.5 Å². The van der Waals surface area contributed by atoms with Crippen molar-refractivity contribution < 1.29 is 4.74 Å². The van der Waals surface area contributed by atoms with Crippen LogP contribution >= 0.6 is 22.9 Å². The molecule has 1 aromatic heterocycles. The van der Waals surface area contributed by atoms with Crippen LogP contribution in [-0.4, -0.2) is 7.11 Å². The molecule has 2 nitrogen and oxygen atoms in total. The molecule has 0 amide bonds. The van der Waals surface area contributed by atoms with Gasteiger partial charge in [-0.25, -0.2) is 0 Å². The summed E-state index contributed by atoms with van der Waals surface area (Å²) in [5.41, 5.74) is 3.34. The molecular formula is C14H16ClNOS. The average molecular weight is 282 g/mol. The second kappa shape index (κ2) is 5.63. The molecular weight excluding hydrogens is 266 g/mol. The summed E-state index contributed by atoms with van der Waals surface area (Å²) in [6, 6.07) is 6.00. The molecule has 2 aromatic rings. The number of aryl methyl sites for hydroxylation is 2. The van der Waals surface area contributed by atoms with Crippen LogP contribution < -0.4 is 10.1 Å². The Labute approximate surface area is 117 Å². The van der Waals surface area contributed by atoms with Gasteiger partial charge in [-0.1, -0.05) is 11.6 Å². The summed E-state index contributed by atoms with van der Waals surface area (Å²) in [6.07, 6.45) is 0. The zero-order valence-electron chi connectivity index (χ0n) is 10.7. The van der Waals surface area contributed by atoms with Crippen LogP contribution in [0.15, 0.2) is 23.6 Å². The Hall–Kier alpha value is -1.19. The number of rotatable bonds is 4. The fraction of sp³-hybridized carbons (Fsp3) is 0.286. The Morgan fingerprint density at radius 2 is 2.06 bits per heavy atom. The van der Waals surface area contributed by atoms with E-state index in [1.165, 1.54) is 10.4 Å². The van der Waals surface area contributed by atoms with Gasteiger partial charge >= 0.3 is 0 Å². The fourth-order valence-electron chi connectivity index (χ4n) is 1.73. The number of hydrogen-bond donors (Lipinski definition) is 1. The third kappa shape index (κ3) is 2.79. The predicted molar refractivity (Wildman–Crippen MR) is 79.1 cm³/mol. The van der Waals surface area contributed by atoms with E-state index in [0.29, 0.717) is 0 Å². The molecule has 2 rings (SSSR count). The molecule has 1 N–H and O–H groups in total. The van der Waals surface area contributed by atoms with E-state index < -0.39 is 0 Å². The van der Waals surface area contributed by atoms with E-state index in [1.807, 2.05) is 19.1 Å². The second-order valence-electron chi connectivity index (χ2n) is 4.18. The Morgan fingerprint density at radius 1 is 1.28 bits per heavy atom. The Balaban J connectivity index is 2.18. The van der Waals surface area contributed by atoms with Crippen molar-refractivity contribution in [2.45, 2.75) is 20.4 Å². The first kappa shape index (κ1) is 13.2. The second-order valence-corrected chi connectivity index (χ2v) is 5.59. The van der Waals surface area contributed by atoms with Crippen molar-refractivity contribution in [1.29, 1.82) is 0 Å². The minimum Gasteiger partial charge on any atom is -0.495 e. The normalized spacial score (nSPS) is 10.4. The molecule has 0 aliphatic rings. The fourth-order valence-corrected chi connectivity index (χ4v) is 2.73. The number of ether oxygens (including phenoxy) is 1. The summed E-state index contributed by atoms with van der Waals surface area (Å²) in [7, 11) is 1.66. The largest absolute Gasteiger partial charge is 0.495 e. The number of thiophene rings is 1. The van der Waals surface area contributed by atoms with Gasteiger partial charge in [-0.2, -0.15) is 0 Å². The van der Waals surface area contributed by atoms with Gasteiger partial charge in [0.2, 0.25) is 0 Å². The minimum atomic E-state index is 0.727. The van der Waals surface area contributed by atoms with Gasteiger partial charge in [0.15, 0.2) is 0 Å². The van der Waals surface area contributed by atoms with E-state index in [0.717, 1.165) is 28.6 Å².